The lowest BCUT2D eigenvalue weighted by Crippen LogP contribution is -2.35. The molecule has 0 spiro atoms. The molecule has 17 heavy (non-hydrogen) atoms. The molecule has 2 unspecified atom stereocenters. The number of rotatable bonds is 7. The molecule has 0 bridgehead atoms. The summed E-state index contributed by atoms with van der Waals surface area (Å²) < 4.78 is 13.4. The number of hydrogen-bond acceptors (Lipinski definition) is 2. The van der Waals surface area contributed by atoms with Crippen molar-refractivity contribution in [2.24, 2.45) is 0 Å². The van der Waals surface area contributed by atoms with Crippen LogP contribution >= 0.6 is 0 Å². The lowest BCUT2D eigenvalue weighted by Gasteiger charge is -2.17. The Morgan fingerprint density at radius 3 is 2.71 bits per heavy atom. The van der Waals surface area contributed by atoms with Gasteiger partial charge in [-0.1, -0.05) is 31.5 Å². The first-order valence-corrected chi connectivity index (χ1v) is 6.28. The molecule has 0 heterocycles. The van der Waals surface area contributed by atoms with Crippen molar-refractivity contribution in [1.82, 2.24) is 5.32 Å². The maximum absolute atomic E-state index is 13.4. The van der Waals surface area contributed by atoms with Gasteiger partial charge in [0.05, 0.1) is 6.10 Å². The van der Waals surface area contributed by atoms with Gasteiger partial charge in [-0.2, -0.15) is 0 Å². The van der Waals surface area contributed by atoms with Crippen molar-refractivity contribution in [3.05, 3.63) is 35.6 Å². The number of hydrogen-bond donors (Lipinski definition) is 2. The topological polar surface area (TPSA) is 32.3 Å². The maximum atomic E-state index is 13.4. The van der Waals surface area contributed by atoms with E-state index in [0.717, 1.165) is 18.4 Å². The Morgan fingerprint density at radius 1 is 1.35 bits per heavy atom. The van der Waals surface area contributed by atoms with Crippen molar-refractivity contribution in [2.45, 2.75) is 45.3 Å². The van der Waals surface area contributed by atoms with Gasteiger partial charge in [0.2, 0.25) is 0 Å². The first-order chi connectivity index (χ1) is 8.13. The zero-order valence-corrected chi connectivity index (χ0v) is 10.6. The highest BCUT2D eigenvalue weighted by molar-refractivity contribution is 5.18. The molecule has 0 fully saturated rings. The fourth-order valence-corrected chi connectivity index (χ4v) is 1.84. The van der Waals surface area contributed by atoms with Gasteiger partial charge in [0.25, 0.3) is 0 Å². The summed E-state index contributed by atoms with van der Waals surface area (Å²) in [6.07, 6.45) is 2.12. The molecule has 0 saturated carbocycles. The van der Waals surface area contributed by atoms with Gasteiger partial charge < -0.3 is 10.4 Å². The minimum absolute atomic E-state index is 0.157. The Hall–Kier alpha value is -0.930. The highest BCUT2D eigenvalue weighted by Crippen LogP contribution is 2.09. The van der Waals surface area contributed by atoms with E-state index in [2.05, 4.69) is 5.32 Å². The molecule has 2 nitrogen and oxygen atoms in total. The smallest absolute Gasteiger partial charge is 0.126 e. The van der Waals surface area contributed by atoms with Gasteiger partial charge in [-0.25, -0.2) is 4.39 Å². The van der Waals surface area contributed by atoms with Gasteiger partial charge in [0, 0.05) is 12.6 Å². The van der Waals surface area contributed by atoms with Crippen LogP contribution in [0.15, 0.2) is 24.3 Å². The van der Waals surface area contributed by atoms with Crippen molar-refractivity contribution >= 4 is 0 Å². The van der Waals surface area contributed by atoms with E-state index in [1.807, 2.05) is 19.9 Å². The fourth-order valence-electron chi connectivity index (χ4n) is 1.84. The summed E-state index contributed by atoms with van der Waals surface area (Å²) in [5, 5.41) is 12.8. The van der Waals surface area contributed by atoms with E-state index in [1.54, 1.807) is 12.1 Å². The van der Waals surface area contributed by atoms with Crippen molar-refractivity contribution < 1.29 is 9.50 Å². The standard InChI is InChI=1S/C14H22FNO/c1-3-6-13(17)10-16-11(2)9-12-7-4-5-8-14(12)15/h4-5,7-8,11,13,16-17H,3,6,9-10H2,1-2H3. The summed E-state index contributed by atoms with van der Waals surface area (Å²) in [5.41, 5.74) is 0.720. The highest BCUT2D eigenvalue weighted by atomic mass is 19.1. The summed E-state index contributed by atoms with van der Waals surface area (Å²) in [6, 6.07) is 6.99. The summed E-state index contributed by atoms with van der Waals surface area (Å²) in [4.78, 5) is 0. The average Bonchev–Trinajstić information content (AvgIpc) is 2.30. The Bertz CT molecular complexity index is 330. The maximum Gasteiger partial charge on any atom is 0.126 e. The Balaban J connectivity index is 2.34. The third-order valence-electron chi connectivity index (χ3n) is 2.81. The van der Waals surface area contributed by atoms with Crippen LogP contribution in [0.4, 0.5) is 4.39 Å². The van der Waals surface area contributed by atoms with Crippen LogP contribution in [0.5, 0.6) is 0 Å². The molecule has 0 aliphatic heterocycles. The van der Waals surface area contributed by atoms with Crippen LogP contribution in [0.2, 0.25) is 0 Å². The highest BCUT2D eigenvalue weighted by Gasteiger charge is 2.09. The lowest BCUT2D eigenvalue weighted by atomic mass is 10.1. The molecular weight excluding hydrogens is 217 g/mol. The fraction of sp³-hybridized carbons (Fsp3) is 0.571. The Labute approximate surface area is 103 Å². The number of aliphatic hydroxyl groups excluding tert-OH is 1. The molecule has 1 rings (SSSR count). The van der Waals surface area contributed by atoms with E-state index >= 15 is 0 Å². The summed E-state index contributed by atoms with van der Waals surface area (Å²) >= 11 is 0. The van der Waals surface area contributed by atoms with E-state index in [4.69, 9.17) is 0 Å². The third kappa shape index (κ3) is 5.29. The van der Waals surface area contributed by atoms with E-state index in [9.17, 15) is 9.50 Å². The molecule has 1 aromatic carbocycles. The Morgan fingerprint density at radius 2 is 2.06 bits per heavy atom. The van der Waals surface area contributed by atoms with Crippen LogP contribution in [0, 0.1) is 5.82 Å². The third-order valence-corrected chi connectivity index (χ3v) is 2.81. The van der Waals surface area contributed by atoms with Crippen molar-refractivity contribution in [1.29, 1.82) is 0 Å². The van der Waals surface area contributed by atoms with Crippen LogP contribution in [0.1, 0.15) is 32.3 Å². The predicted molar refractivity (Wildman–Crippen MR) is 68.5 cm³/mol. The minimum Gasteiger partial charge on any atom is -0.392 e. The van der Waals surface area contributed by atoms with E-state index < -0.39 is 0 Å². The number of benzene rings is 1. The molecule has 0 amide bonds. The molecule has 2 N–H and O–H groups in total. The quantitative estimate of drug-likeness (QED) is 0.766. The second-order valence-electron chi connectivity index (χ2n) is 4.55. The summed E-state index contributed by atoms with van der Waals surface area (Å²) in [5.74, 6) is -0.157. The SMILES string of the molecule is CCCC(O)CNC(C)Cc1ccccc1F. The molecule has 0 radical (unpaired) electrons. The van der Waals surface area contributed by atoms with Gasteiger partial charge in [-0.3, -0.25) is 0 Å². The number of nitrogens with one attached hydrogen (secondary N) is 1. The molecule has 0 aromatic heterocycles. The van der Waals surface area contributed by atoms with Crippen LogP contribution in [0.3, 0.4) is 0 Å². The zero-order chi connectivity index (χ0) is 12.7. The molecule has 2 atom stereocenters. The van der Waals surface area contributed by atoms with Gasteiger partial charge in [0.1, 0.15) is 5.82 Å². The Kier molecular flexibility index (Phi) is 6.16. The molecular formula is C14H22FNO. The molecule has 3 heteroatoms. The van der Waals surface area contributed by atoms with Crippen LogP contribution < -0.4 is 5.32 Å². The van der Waals surface area contributed by atoms with Crippen molar-refractivity contribution in [2.75, 3.05) is 6.54 Å². The summed E-state index contributed by atoms with van der Waals surface area (Å²) in [6.45, 7) is 4.63. The first kappa shape index (κ1) is 14.1. The first-order valence-electron chi connectivity index (χ1n) is 6.28. The van der Waals surface area contributed by atoms with Gasteiger partial charge in [-0.15, -0.1) is 0 Å². The number of halogens is 1. The average molecular weight is 239 g/mol. The summed E-state index contributed by atoms with van der Waals surface area (Å²) in [7, 11) is 0. The molecule has 96 valence electrons. The second kappa shape index (κ2) is 7.41. The molecule has 0 saturated heterocycles. The normalized spacial score (nSPS) is 14.6. The molecule has 0 aliphatic carbocycles. The van der Waals surface area contributed by atoms with E-state index in [0.29, 0.717) is 13.0 Å². The van der Waals surface area contributed by atoms with Crippen molar-refractivity contribution in [3.63, 3.8) is 0 Å². The van der Waals surface area contributed by atoms with Gasteiger partial charge >= 0.3 is 0 Å². The minimum atomic E-state index is -0.303. The lowest BCUT2D eigenvalue weighted by molar-refractivity contribution is 0.157. The largest absolute Gasteiger partial charge is 0.392 e. The number of aliphatic hydroxyl groups is 1. The second-order valence-corrected chi connectivity index (χ2v) is 4.55. The van der Waals surface area contributed by atoms with Crippen LogP contribution in [0.25, 0.3) is 0 Å². The van der Waals surface area contributed by atoms with Crippen LogP contribution in [-0.2, 0) is 6.42 Å². The van der Waals surface area contributed by atoms with E-state index in [1.165, 1.54) is 6.07 Å². The molecule has 1 aromatic rings. The van der Waals surface area contributed by atoms with Crippen LogP contribution in [-0.4, -0.2) is 23.8 Å². The predicted octanol–water partition coefficient (Wildman–Crippen LogP) is 2.51. The van der Waals surface area contributed by atoms with E-state index in [-0.39, 0.29) is 18.0 Å². The molecule has 0 aliphatic rings. The van der Waals surface area contributed by atoms with Crippen molar-refractivity contribution in [3.8, 4) is 0 Å². The van der Waals surface area contributed by atoms with Gasteiger partial charge in [0.15, 0.2) is 0 Å². The zero-order valence-electron chi connectivity index (χ0n) is 10.6. The van der Waals surface area contributed by atoms with Gasteiger partial charge in [-0.05, 0) is 31.4 Å². The monoisotopic (exact) mass is 239 g/mol.